The Balaban J connectivity index is 2.38. The smallest absolute Gasteiger partial charge is 0.125 e. The van der Waals surface area contributed by atoms with Crippen molar-refractivity contribution < 1.29 is 9.50 Å². The molecule has 0 aliphatic carbocycles. The average molecular weight is 267 g/mol. The van der Waals surface area contributed by atoms with Gasteiger partial charge in [0.15, 0.2) is 0 Å². The normalized spacial score (nSPS) is 12.4. The minimum absolute atomic E-state index is 0.0165. The predicted molar refractivity (Wildman–Crippen MR) is 79.0 cm³/mol. The molecular weight excluding hydrogens is 241 g/mol. The van der Waals surface area contributed by atoms with Gasteiger partial charge in [0, 0.05) is 11.7 Å². The highest BCUT2D eigenvalue weighted by atomic mass is 19.1. The van der Waals surface area contributed by atoms with Gasteiger partial charge in [0.1, 0.15) is 5.82 Å². The van der Waals surface area contributed by atoms with E-state index in [1.165, 1.54) is 37.8 Å². The highest BCUT2D eigenvalue weighted by Crippen LogP contribution is 2.16. The molecule has 1 rings (SSSR count). The highest BCUT2D eigenvalue weighted by molar-refractivity contribution is 5.46. The number of aliphatic hydroxyl groups is 1. The Morgan fingerprint density at radius 3 is 2.53 bits per heavy atom. The topological polar surface area (TPSA) is 32.3 Å². The highest BCUT2D eigenvalue weighted by Gasteiger charge is 2.08. The standard InChI is InChI=1S/C16H26FNO/c1-3-4-5-6-7-8-15(12-19)18-16-10-13(2)9-14(17)11-16/h9-11,15,18-19H,3-8,12H2,1-2H3. The zero-order valence-electron chi connectivity index (χ0n) is 12.1. The van der Waals surface area contributed by atoms with Gasteiger partial charge in [-0.05, 0) is 37.1 Å². The lowest BCUT2D eigenvalue weighted by atomic mass is 10.1. The molecule has 1 aromatic rings. The molecule has 0 aromatic heterocycles. The van der Waals surface area contributed by atoms with Crippen LogP contribution in [0.5, 0.6) is 0 Å². The van der Waals surface area contributed by atoms with Gasteiger partial charge in [-0.2, -0.15) is 0 Å². The van der Waals surface area contributed by atoms with Gasteiger partial charge < -0.3 is 10.4 Å². The van der Waals surface area contributed by atoms with Crippen LogP contribution < -0.4 is 5.32 Å². The van der Waals surface area contributed by atoms with E-state index >= 15 is 0 Å². The number of rotatable bonds is 9. The van der Waals surface area contributed by atoms with E-state index in [2.05, 4.69) is 12.2 Å². The van der Waals surface area contributed by atoms with E-state index in [1.807, 2.05) is 13.0 Å². The molecule has 0 saturated heterocycles. The molecule has 1 unspecified atom stereocenters. The van der Waals surface area contributed by atoms with Crippen LogP contribution in [0.1, 0.15) is 51.0 Å². The molecule has 0 bridgehead atoms. The Bertz CT molecular complexity index is 348. The molecule has 3 heteroatoms. The van der Waals surface area contributed by atoms with Crippen LogP contribution in [0.2, 0.25) is 0 Å². The Hall–Kier alpha value is -1.09. The average Bonchev–Trinajstić information content (AvgIpc) is 2.36. The molecule has 1 aromatic carbocycles. The van der Waals surface area contributed by atoms with E-state index in [4.69, 9.17) is 0 Å². The number of hydrogen-bond acceptors (Lipinski definition) is 2. The van der Waals surface area contributed by atoms with Crippen molar-refractivity contribution >= 4 is 5.69 Å². The summed E-state index contributed by atoms with van der Waals surface area (Å²) in [5, 5.41) is 12.6. The van der Waals surface area contributed by atoms with E-state index in [0.717, 1.165) is 24.1 Å². The van der Waals surface area contributed by atoms with Crippen molar-refractivity contribution in [3.05, 3.63) is 29.6 Å². The molecule has 108 valence electrons. The van der Waals surface area contributed by atoms with Crippen LogP contribution in [0.25, 0.3) is 0 Å². The van der Waals surface area contributed by atoms with Crippen molar-refractivity contribution in [3.8, 4) is 0 Å². The Labute approximate surface area is 116 Å². The molecule has 2 nitrogen and oxygen atoms in total. The molecule has 1 atom stereocenters. The fraction of sp³-hybridized carbons (Fsp3) is 0.625. The summed E-state index contributed by atoms with van der Waals surface area (Å²) >= 11 is 0. The number of anilines is 1. The summed E-state index contributed by atoms with van der Waals surface area (Å²) in [5.74, 6) is -0.234. The van der Waals surface area contributed by atoms with Gasteiger partial charge in [-0.15, -0.1) is 0 Å². The van der Waals surface area contributed by atoms with Gasteiger partial charge in [-0.25, -0.2) is 4.39 Å². The maximum absolute atomic E-state index is 13.3. The van der Waals surface area contributed by atoms with Gasteiger partial charge in [-0.3, -0.25) is 0 Å². The number of benzene rings is 1. The van der Waals surface area contributed by atoms with E-state index in [9.17, 15) is 9.50 Å². The maximum atomic E-state index is 13.3. The first kappa shape index (κ1) is 16.0. The van der Waals surface area contributed by atoms with Crippen LogP contribution >= 0.6 is 0 Å². The molecular formula is C16H26FNO. The molecule has 0 amide bonds. The molecule has 0 heterocycles. The summed E-state index contributed by atoms with van der Waals surface area (Å²) in [6.45, 7) is 4.15. The van der Waals surface area contributed by atoms with E-state index in [0.29, 0.717) is 0 Å². The van der Waals surface area contributed by atoms with Crippen molar-refractivity contribution in [2.24, 2.45) is 0 Å². The lowest BCUT2D eigenvalue weighted by Crippen LogP contribution is -2.23. The number of unbranched alkanes of at least 4 members (excludes halogenated alkanes) is 4. The van der Waals surface area contributed by atoms with Crippen LogP contribution in [0.15, 0.2) is 18.2 Å². The number of aliphatic hydroxyl groups excluding tert-OH is 1. The quantitative estimate of drug-likeness (QED) is 0.655. The van der Waals surface area contributed by atoms with Gasteiger partial charge in [0.25, 0.3) is 0 Å². The van der Waals surface area contributed by atoms with Crippen LogP contribution in [-0.2, 0) is 0 Å². The monoisotopic (exact) mass is 267 g/mol. The van der Waals surface area contributed by atoms with Gasteiger partial charge >= 0.3 is 0 Å². The third kappa shape index (κ3) is 6.58. The second-order valence-corrected chi connectivity index (χ2v) is 5.24. The zero-order valence-corrected chi connectivity index (χ0v) is 12.1. The molecule has 0 fully saturated rings. The van der Waals surface area contributed by atoms with Gasteiger partial charge in [-0.1, -0.05) is 39.0 Å². The van der Waals surface area contributed by atoms with E-state index in [-0.39, 0.29) is 18.5 Å². The third-order valence-electron chi connectivity index (χ3n) is 3.29. The molecule has 19 heavy (non-hydrogen) atoms. The summed E-state index contributed by atoms with van der Waals surface area (Å²) < 4.78 is 13.3. The largest absolute Gasteiger partial charge is 0.394 e. The van der Waals surface area contributed by atoms with Crippen molar-refractivity contribution in [1.29, 1.82) is 0 Å². The second kappa shape index (κ2) is 8.92. The summed E-state index contributed by atoms with van der Waals surface area (Å²) in [4.78, 5) is 0. The summed E-state index contributed by atoms with van der Waals surface area (Å²) in [6, 6.07) is 4.90. The van der Waals surface area contributed by atoms with Crippen molar-refractivity contribution in [1.82, 2.24) is 0 Å². The van der Waals surface area contributed by atoms with E-state index < -0.39 is 0 Å². The lowest BCUT2D eigenvalue weighted by Gasteiger charge is -2.18. The minimum atomic E-state index is -0.234. The Morgan fingerprint density at radius 2 is 1.89 bits per heavy atom. The number of nitrogens with one attached hydrogen (secondary N) is 1. The summed E-state index contributed by atoms with van der Waals surface area (Å²) in [6.07, 6.45) is 7.01. The number of aryl methyl sites for hydroxylation is 1. The molecule has 0 aliphatic heterocycles. The van der Waals surface area contributed by atoms with Crippen molar-refractivity contribution in [2.75, 3.05) is 11.9 Å². The third-order valence-corrected chi connectivity index (χ3v) is 3.29. The van der Waals surface area contributed by atoms with Crippen LogP contribution in [0, 0.1) is 12.7 Å². The molecule has 0 aliphatic rings. The van der Waals surface area contributed by atoms with Gasteiger partial charge in [0.2, 0.25) is 0 Å². The van der Waals surface area contributed by atoms with Gasteiger partial charge in [0.05, 0.1) is 6.61 Å². The maximum Gasteiger partial charge on any atom is 0.125 e. The first-order valence-corrected chi connectivity index (χ1v) is 7.30. The number of halogens is 1. The lowest BCUT2D eigenvalue weighted by molar-refractivity contribution is 0.266. The molecule has 0 saturated carbocycles. The van der Waals surface area contributed by atoms with Crippen LogP contribution in [-0.4, -0.2) is 17.8 Å². The molecule has 2 N–H and O–H groups in total. The summed E-state index contributed by atoms with van der Waals surface area (Å²) in [7, 11) is 0. The Morgan fingerprint density at radius 1 is 1.16 bits per heavy atom. The minimum Gasteiger partial charge on any atom is -0.394 e. The van der Waals surface area contributed by atoms with Crippen LogP contribution in [0.4, 0.5) is 10.1 Å². The SMILES string of the molecule is CCCCCCCC(CO)Nc1cc(C)cc(F)c1. The first-order valence-electron chi connectivity index (χ1n) is 7.30. The van der Waals surface area contributed by atoms with Crippen molar-refractivity contribution in [3.63, 3.8) is 0 Å². The number of hydrogen-bond donors (Lipinski definition) is 2. The fourth-order valence-electron chi connectivity index (χ4n) is 2.26. The fourth-order valence-corrected chi connectivity index (χ4v) is 2.26. The van der Waals surface area contributed by atoms with Crippen molar-refractivity contribution in [2.45, 2.75) is 58.4 Å². The van der Waals surface area contributed by atoms with Crippen LogP contribution in [0.3, 0.4) is 0 Å². The zero-order chi connectivity index (χ0) is 14.1. The Kier molecular flexibility index (Phi) is 7.49. The first-order chi connectivity index (χ1) is 9.15. The molecule has 0 spiro atoms. The van der Waals surface area contributed by atoms with E-state index in [1.54, 1.807) is 0 Å². The predicted octanol–water partition coefficient (Wildman–Crippen LogP) is 4.27. The second-order valence-electron chi connectivity index (χ2n) is 5.24. The molecule has 0 radical (unpaired) electrons. The summed E-state index contributed by atoms with van der Waals surface area (Å²) in [5.41, 5.74) is 1.65.